The largest absolute Gasteiger partial charge is 0.451 e. The standard InChI is InChI=1S/C24H31NO2.H2O/c1-3-15-13-16-14-17(25)5-6-18(16)19-7-10-23(4-2)20(22(15)19)8-11-24(23)12-9-21(26)27-24;/h3,9,12,14-15,18-20,22,25H,1,4-8,10-11,13H2,2H3;1H2/t15?,18-,19?,20?,22?,23-,24+;/m0./s1. The van der Waals surface area contributed by atoms with Crippen LogP contribution in [0.15, 0.2) is 36.5 Å². The van der Waals surface area contributed by atoms with Crippen LogP contribution in [-0.2, 0) is 9.53 Å². The van der Waals surface area contributed by atoms with Gasteiger partial charge < -0.3 is 15.6 Å². The van der Waals surface area contributed by atoms with Crippen LogP contribution in [0.25, 0.3) is 0 Å². The van der Waals surface area contributed by atoms with E-state index in [0.29, 0.717) is 29.6 Å². The van der Waals surface area contributed by atoms with Crippen molar-refractivity contribution in [1.29, 1.82) is 5.41 Å². The van der Waals surface area contributed by atoms with E-state index in [1.165, 1.54) is 18.4 Å². The first-order valence-corrected chi connectivity index (χ1v) is 10.9. The Labute approximate surface area is 167 Å². The molecule has 3 saturated carbocycles. The molecule has 0 radical (unpaired) electrons. The molecular formula is C24H33NO3. The van der Waals surface area contributed by atoms with E-state index in [-0.39, 0.29) is 22.5 Å². The summed E-state index contributed by atoms with van der Waals surface area (Å²) in [6.45, 7) is 6.52. The number of carbonyl (C=O) groups is 1. The molecule has 4 unspecified atom stereocenters. The minimum Gasteiger partial charge on any atom is -0.451 e. The van der Waals surface area contributed by atoms with Crippen molar-refractivity contribution >= 4 is 11.7 Å². The highest BCUT2D eigenvalue weighted by molar-refractivity contribution is 5.93. The molecule has 0 saturated heterocycles. The molecule has 4 nitrogen and oxygen atoms in total. The van der Waals surface area contributed by atoms with Crippen LogP contribution in [0.2, 0.25) is 0 Å². The summed E-state index contributed by atoms with van der Waals surface area (Å²) in [7, 11) is 0. The molecule has 4 heteroatoms. The van der Waals surface area contributed by atoms with Crippen molar-refractivity contribution in [1.82, 2.24) is 0 Å². The quantitative estimate of drug-likeness (QED) is 0.566. The third-order valence-electron chi connectivity index (χ3n) is 9.01. The minimum absolute atomic E-state index is 0. The van der Waals surface area contributed by atoms with E-state index in [0.717, 1.165) is 44.2 Å². The van der Waals surface area contributed by atoms with E-state index in [2.05, 4.69) is 31.7 Å². The number of ether oxygens (including phenoxy) is 1. The second-order valence-electron chi connectivity index (χ2n) is 9.57. The summed E-state index contributed by atoms with van der Waals surface area (Å²) in [5.41, 5.74) is 2.07. The molecule has 0 bridgehead atoms. The first kappa shape index (κ1) is 19.6. The fourth-order valence-corrected chi connectivity index (χ4v) is 8.01. The Morgan fingerprint density at radius 1 is 1.32 bits per heavy atom. The van der Waals surface area contributed by atoms with Gasteiger partial charge in [-0.2, -0.15) is 0 Å². The number of hydrogen-bond acceptors (Lipinski definition) is 3. The van der Waals surface area contributed by atoms with Crippen LogP contribution in [0.4, 0.5) is 0 Å². The Morgan fingerprint density at radius 2 is 2.14 bits per heavy atom. The van der Waals surface area contributed by atoms with Crippen molar-refractivity contribution in [3.05, 3.63) is 36.5 Å². The van der Waals surface area contributed by atoms with Gasteiger partial charge in [0, 0.05) is 17.2 Å². The lowest BCUT2D eigenvalue weighted by molar-refractivity contribution is -0.165. The van der Waals surface area contributed by atoms with Crippen LogP contribution in [0, 0.1) is 40.4 Å². The third kappa shape index (κ3) is 2.39. The van der Waals surface area contributed by atoms with Crippen molar-refractivity contribution in [2.45, 2.75) is 63.9 Å². The maximum absolute atomic E-state index is 12.0. The van der Waals surface area contributed by atoms with E-state index < -0.39 is 0 Å². The van der Waals surface area contributed by atoms with Crippen molar-refractivity contribution in [3.8, 4) is 0 Å². The molecule has 5 aliphatic rings. The number of hydrogen-bond donors (Lipinski definition) is 1. The van der Waals surface area contributed by atoms with Crippen LogP contribution in [0.1, 0.15) is 58.3 Å². The number of allylic oxidation sites excluding steroid dienone is 3. The van der Waals surface area contributed by atoms with Gasteiger partial charge in [-0.25, -0.2) is 4.79 Å². The molecule has 1 aliphatic heterocycles. The van der Waals surface area contributed by atoms with E-state index in [1.54, 1.807) is 6.08 Å². The topological polar surface area (TPSA) is 81.7 Å². The van der Waals surface area contributed by atoms with Gasteiger partial charge >= 0.3 is 5.97 Å². The molecule has 0 aromatic carbocycles. The Kier molecular flexibility index (Phi) is 4.69. The van der Waals surface area contributed by atoms with E-state index in [4.69, 9.17) is 10.1 Å². The Morgan fingerprint density at radius 3 is 2.82 bits per heavy atom. The number of rotatable bonds is 2. The Balaban J connectivity index is 0.00000192. The summed E-state index contributed by atoms with van der Waals surface area (Å²) >= 11 is 0. The van der Waals surface area contributed by atoms with Crippen molar-refractivity contribution in [2.24, 2.45) is 35.0 Å². The van der Waals surface area contributed by atoms with Gasteiger partial charge in [0.05, 0.1) is 0 Å². The maximum atomic E-state index is 12.0. The van der Waals surface area contributed by atoms with Gasteiger partial charge in [-0.3, -0.25) is 0 Å². The molecule has 1 heterocycles. The molecule has 3 N–H and O–H groups in total. The highest BCUT2D eigenvalue weighted by Crippen LogP contribution is 2.69. The van der Waals surface area contributed by atoms with Gasteiger partial charge in [-0.05, 0) is 93.1 Å². The lowest BCUT2D eigenvalue weighted by atomic mass is 9.47. The van der Waals surface area contributed by atoms with Crippen molar-refractivity contribution in [3.63, 3.8) is 0 Å². The first-order chi connectivity index (χ1) is 13.0. The molecule has 4 aliphatic carbocycles. The lowest BCUT2D eigenvalue weighted by Crippen LogP contribution is -2.55. The zero-order chi connectivity index (χ0) is 18.8. The number of carbonyl (C=O) groups excluding carboxylic acids is 1. The van der Waals surface area contributed by atoms with Crippen LogP contribution in [0.5, 0.6) is 0 Å². The second-order valence-corrected chi connectivity index (χ2v) is 9.57. The maximum Gasteiger partial charge on any atom is 0.331 e. The molecule has 0 amide bonds. The molecule has 152 valence electrons. The predicted octanol–water partition coefficient (Wildman–Crippen LogP) is 4.41. The molecular weight excluding hydrogens is 350 g/mol. The predicted molar refractivity (Wildman–Crippen MR) is 110 cm³/mol. The van der Waals surface area contributed by atoms with E-state index in [9.17, 15) is 4.79 Å². The SMILES string of the molecule is C=CC1CC2=CC(=N)CC[C@@H]2C2CC[C@@]3(CC)C(CC[C@@]34C=CC(=O)O4)C12.O. The summed E-state index contributed by atoms with van der Waals surface area (Å²) in [6.07, 6.45) is 16.9. The second kappa shape index (κ2) is 6.69. The summed E-state index contributed by atoms with van der Waals surface area (Å²) in [6, 6.07) is 0. The molecule has 3 fully saturated rings. The van der Waals surface area contributed by atoms with E-state index in [1.807, 2.05) is 0 Å². The lowest BCUT2D eigenvalue weighted by Gasteiger charge is -2.58. The normalized spacial score (nSPS) is 46.2. The Bertz CT molecular complexity index is 768. The van der Waals surface area contributed by atoms with Gasteiger partial charge in [-0.15, -0.1) is 6.58 Å². The number of esters is 1. The van der Waals surface area contributed by atoms with Crippen LogP contribution >= 0.6 is 0 Å². The molecule has 7 atom stereocenters. The zero-order valence-corrected chi connectivity index (χ0v) is 16.9. The van der Waals surface area contributed by atoms with Gasteiger partial charge in [0.2, 0.25) is 0 Å². The van der Waals surface area contributed by atoms with Crippen LogP contribution < -0.4 is 0 Å². The highest BCUT2D eigenvalue weighted by atomic mass is 16.6. The Hall–Kier alpha value is -1.68. The molecule has 1 spiro atoms. The monoisotopic (exact) mass is 383 g/mol. The highest BCUT2D eigenvalue weighted by Gasteiger charge is 2.67. The van der Waals surface area contributed by atoms with Crippen molar-refractivity contribution < 1.29 is 15.0 Å². The number of nitrogens with one attached hydrogen (secondary N) is 1. The van der Waals surface area contributed by atoms with Gasteiger partial charge in [0.1, 0.15) is 5.60 Å². The van der Waals surface area contributed by atoms with E-state index >= 15 is 0 Å². The summed E-state index contributed by atoms with van der Waals surface area (Å²) in [4.78, 5) is 12.0. The van der Waals surface area contributed by atoms with Crippen LogP contribution in [0.3, 0.4) is 0 Å². The molecule has 0 aromatic heterocycles. The average Bonchev–Trinajstić information content (AvgIpc) is 3.21. The minimum atomic E-state index is -0.356. The number of fused-ring (bicyclic) bond motifs is 6. The van der Waals surface area contributed by atoms with Crippen LogP contribution in [-0.4, -0.2) is 22.8 Å². The molecule has 0 aromatic rings. The third-order valence-corrected chi connectivity index (χ3v) is 9.01. The van der Waals surface area contributed by atoms with Crippen molar-refractivity contribution in [2.75, 3.05) is 0 Å². The summed E-state index contributed by atoms with van der Waals surface area (Å²) < 4.78 is 6.03. The molecule has 28 heavy (non-hydrogen) atoms. The summed E-state index contributed by atoms with van der Waals surface area (Å²) in [5.74, 6) is 2.98. The summed E-state index contributed by atoms with van der Waals surface area (Å²) in [5, 5.41) is 8.11. The van der Waals surface area contributed by atoms with Gasteiger partial charge in [0.25, 0.3) is 0 Å². The van der Waals surface area contributed by atoms with Gasteiger partial charge in [0.15, 0.2) is 0 Å². The first-order valence-electron chi connectivity index (χ1n) is 10.9. The molecule has 5 rings (SSSR count). The average molecular weight is 384 g/mol. The van der Waals surface area contributed by atoms with Gasteiger partial charge in [-0.1, -0.05) is 18.6 Å². The fourth-order valence-electron chi connectivity index (χ4n) is 8.01. The smallest absolute Gasteiger partial charge is 0.331 e. The fraction of sp³-hybridized carbons (Fsp3) is 0.667. The zero-order valence-electron chi connectivity index (χ0n) is 16.9.